The van der Waals surface area contributed by atoms with Crippen LogP contribution in [0.4, 0.5) is 10.5 Å². The molecule has 0 saturated heterocycles. The maximum absolute atomic E-state index is 12.0. The van der Waals surface area contributed by atoms with Gasteiger partial charge in [0, 0.05) is 6.20 Å². The lowest BCUT2D eigenvalue weighted by Crippen LogP contribution is -2.48. The van der Waals surface area contributed by atoms with Crippen molar-refractivity contribution in [1.82, 2.24) is 10.3 Å². The van der Waals surface area contributed by atoms with Crippen molar-refractivity contribution in [3.05, 3.63) is 24.0 Å². The molecule has 0 aliphatic heterocycles. The van der Waals surface area contributed by atoms with Gasteiger partial charge in [-0.25, -0.2) is 9.59 Å². The van der Waals surface area contributed by atoms with Gasteiger partial charge in [0.2, 0.25) is 0 Å². The minimum absolute atomic E-state index is 0.0117. The van der Waals surface area contributed by atoms with Gasteiger partial charge in [-0.2, -0.15) is 0 Å². The molecule has 1 heterocycles. The summed E-state index contributed by atoms with van der Waals surface area (Å²) < 4.78 is 0. The van der Waals surface area contributed by atoms with Crippen molar-refractivity contribution in [3.8, 4) is 0 Å². The van der Waals surface area contributed by atoms with Crippen LogP contribution in [0.5, 0.6) is 0 Å². The molecular weight excluding hydrogens is 270 g/mol. The molecule has 114 valence electrons. The molecule has 1 aliphatic carbocycles. The molecule has 2 rings (SSSR count). The van der Waals surface area contributed by atoms with Crippen LogP contribution in [0.2, 0.25) is 0 Å². The number of aliphatic carboxylic acids is 1. The Bertz CT molecular complexity index is 513. The number of anilines is 1. The van der Waals surface area contributed by atoms with Gasteiger partial charge in [0.15, 0.2) is 0 Å². The minimum atomic E-state index is -0.973. The minimum Gasteiger partial charge on any atom is -0.480 e. The van der Waals surface area contributed by atoms with E-state index < -0.39 is 18.0 Å². The standard InChI is InChI=1S/C15H21N3O3/c1-10-7-12(9-16-8-10)17-15(21)18-13(14(19)20)11-5-3-2-4-6-11/h7-9,11,13H,2-6H2,1H3,(H,19,20)(H2,17,18,21). The summed E-state index contributed by atoms with van der Waals surface area (Å²) in [4.78, 5) is 27.3. The Labute approximate surface area is 124 Å². The lowest BCUT2D eigenvalue weighted by molar-refractivity contribution is -0.141. The smallest absolute Gasteiger partial charge is 0.326 e. The van der Waals surface area contributed by atoms with E-state index in [2.05, 4.69) is 15.6 Å². The summed E-state index contributed by atoms with van der Waals surface area (Å²) in [5.74, 6) is -0.961. The van der Waals surface area contributed by atoms with E-state index in [4.69, 9.17) is 0 Å². The Morgan fingerprint density at radius 2 is 2.00 bits per heavy atom. The fraction of sp³-hybridized carbons (Fsp3) is 0.533. The quantitative estimate of drug-likeness (QED) is 0.795. The Morgan fingerprint density at radius 3 is 2.62 bits per heavy atom. The third kappa shape index (κ3) is 4.44. The average molecular weight is 291 g/mol. The number of urea groups is 1. The number of aryl methyl sites for hydroxylation is 1. The lowest BCUT2D eigenvalue weighted by Gasteiger charge is -2.28. The van der Waals surface area contributed by atoms with E-state index in [0.29, 0.717) is 5.69 Å². The molecule has 21 heavy (non-hydrogen) atoms. The molecular formula is C15H21N3O3. The maximum atomic E-state index is 12.0. The largest absolute Gasteiger partial charge is 0.480 e. The third-order valence-electron chi connectivity index (χ3n) is 3.81. The number of rotatable bonds is 4. The summed E-state index contributed by atoms with van der Waals surface area (Å²) >= 11 is 0. The number of pyridine rings is 1. The highest BCUT2D eigenvalue weighted by molar-refractivity contribution is 5.92. The first-order valence-electron chi connectivity index (χ1n) is 7.28. The van der Waals surface area contributed by atoms with Crippen molar-refractivity contribution in [3.63, 3.8) is 0 Å². The predicted octanol–water partition coefficient (Wildman–Crippen LogP) is 2.55. The second-order valence-corrected chi connectivity index (χ2v) is 5.56. The zero-order valence-electron chi connectivity index (χ0n) is 12.1. The molecule has 1 unspecified atom stereocenters. The van der Waals surface area contributed by atoms with Gasteiger partial charge in [-0.3, -0.25) is 4.98 Å². The number of carbonyl (C=O) groups excluding carboxylic acids is 1. The van der Waals surface area contributed by atoms with Crippen LogP contribution in [-0.4, -0.2) is 28.1 Å². The summed E-state index contributed by atoms with van der Waals surface area (Å²) in [6.45, 7) is 1.87. The first-order valence-corrected chi connectivity index (χ1v) is 7.28. The summed E-state index contributed by atoms with van der Waals surface area (Å²) in [5.41, 5.74) is 1.48. The number of hydrogen-bond acceptors (Lipinski definition) is 3. The second-order valence-electron chi connectivity index (χ2n) is 5.56. The zero-order chi connectivity index (χ0) is 15.2. The number of aromatic nitrogens is 1. The normalized spacial score (nSPS) is 17.0. The van der Waals surface area contributed by atoms with Crippen LogP contribution < -0.4 is 10.6 Å². The van der Waals surface area contributed by atoms with E-state index >= 15 is 0 Å². The fourth-order valence-electron chi connectivity index (χ4n) is 2.78. The van der Waals surface area contributed by atoms with E-state index in [1.165, 1.54) is 6.20 Å². The summed E-state index contributed by atoms with van der Waals surface area (Å²) in [6.07, 6.45) is 8.11. The predicted molar refractivity (Wildman–Crippen MR) is 79.1 cm³/mol. The zero-order valence-corrected chi connectivity index (χ0v) is 12.1. The van der Waals surface area contributed by atoms with Crippen LogP contribution >= 0.6 is 0 Å². The summed E-state index contributed by atoms with van der Waals surface area (Å²) in [7, 11) is 0. The molecule has 0 aromatic carbocycles. The van der Waals surface area contributed by atoms with E-state index in [-0.39, 0.29) is 5.92 Å². The fourth-order valence-corrected chi connectivity index (χ4v) is 2.78. The van der Waals surface area contributed by atoms with Gasteiger partial charge < -0.3 is 15.7 Å². The molecule has 1 aliphatic rings. The molecule has 1 atom stereocenters. The number of nitrogens with zero attached hydrogens (tertiary/aromatic N) is 1. The molecule has 2 amide bonds. The highest BCUT2D eigenvalue weighted by atomic mass is 16.4. The van der Waals surface area contributed by atoms with Gasteiger partial charge >= 0.3 is 12.0 Å². The van der Waals surface area contributed by atoms with Crippen LogP contribution in [0, 0.1) is 12.8 Å². The molecule has 6 nitrogen and oxygen atoms in total. The molecule has 1 fully saturated rings. The Kier molecular flexibility index (Phi) is 5.14. The highest BCUT2D eigenvalue weighted by Gasteiger charge is 2.30. The van der Waals surface area contributed by atoms with Gasteiger partial charge in [0.1, 0.15) is 6.04 Å². The lowest BCUT2D eigenvalue weighted by atomic mass is 9.84. The van der Waals surface area contributed by atoms with Crippen molar-refractivity contribution < 1.29 is 14.7 Å². The number of nitrogens with one attached hydrogen (secondary N) is 2. The molecule has 1 aromatic heterocycles. The van der Waals surface area contributed by atoms with Crippen molar-refractivity contribution >= 4 is 17.7 Å². The van der Waals surface area contributed by atoms with Gasteiger partial charge in [-0.1, -0.05) is 19.3 Å². The number of carboxylic acids is 1. The first kappa shape index (κ1) is 15.3. The van der Waals surface area contributed by atoms with E-state index in [1.807, 2.05) is 6.92 Å². The number of amides is 2. The SMILES string of the molecule is Cc1cncc(NC(=O)NC(C(=O)O)C2CCCCC2)c1. The van der Waals surface area contributed by atoms with Crippen LogP contribution in [0.3, 0.4) is 0 Å². The molecule has 0 radical (unpaired) electrons. The molecule has 0 spiro atoms. The van der Waals surface area contributed by atoms with Crippen molar-refractivity contribution in [2.75, 3.05) is 5.32 Å². The number of hydrogen-bond donors (Lipinski definition) is 3. The first-order chi connectivity index (χ1) is 10.1. The van der Waals surface area contributed by atoms with E-state index in [1.54, 1.807) is 12.3 Å². The van der Waals surface area contributed by atoms with Crippen LogP contribution in [-0.2, 0) is 4.79 Å². The summed E-state index contributed by atoms with van der Waals surface area (Å²) in [6, 6.07) is 0.451. The Balaban J connectivity index is 1.96. The Morgan fingerprint density at radius 1 is 1.29 bits per heavy atom. The van der Waals surface area contributed by atoms with Crippen molar-refractivity contribution in [1.29, 1.82) is 0 Å². The van der Waals surface area contributed by atoms with E-state index in [9.17, 15) is 14.7 Å². The number of carboxylic acid groups (broad SMARTS) is 1. The Hall–Kier alpha value is -2.11. The van der Waals surface area contributed by atoms with Gasteiger partial charge in [0.25, 0.3) is 0 Å². The molecule has 1 aromatic rings. The average Bonchev–Trinajstić information content (AvgIpc) is 2.45. The third-order valence-corrected chi connectivity index (χ3v) is 3.81. The number of carbonyl (C=O) groups is 2. The van der Waals surface area contributed by atoms with Gasteiger partial charge in [-0.05, 0) is 37.3 Å². The van der Waals surface area contributed by atoms with Gasteiger partial charge in [0.05, 0.1) is 11.9 Å². The second kappa shape index (κ2) is 7.06. The van der Waals surface area contributed by atoms with Crippen molar-refractivity contribution in [2.24, 2.45) is 5.92 Å². The topological polar surface area (TPSA) is 91.3 Å². The summed E-state index contributed by atoms with van der Waals surface area (Å²) in [5, 5.41) is 14.5. The van der Waals surface area contributed by atoms with Crippen LogP contribution in [0.15, 0.2) is 18.5 Å². The maximum Gasteiger partial charge on any atom is 0.326 e. The molecule has 3 N–H and O–H groups in total. The van der Waals surface area contributed by atoms with Gasteiger partial charge in [-0.15, -0.1) is 0 Å². The molecule has 6 heteroatoms. The molecule has 0 bridgehead atoms. The van der Waals surface area contributed by atoms with Crippen LogP contribution in [0.25, 0.3) is 0 Å². The van der Waals surface area contributed by atoms with E-state index in [0.717, 1.165) is 37.7 Å². The monoisotopic (exact) mass is 291 g/mol. The van der Waals surface area contributed by atoms with Crippen LogP contribution in [0.1, 0.15) is 37.7 Å². The highest BCUT2D eigenvalue weighted by Crippen LogP contribution is 2.26. The molecule has 1 saturated carbocycles. The van der Waals surface area contributed by atoms with Crippen molar-refractivity contribution in [2.45, 2.75) is 45.1 Å².